The molecule has 1 aromatic rings. The van der Waals surface area contributed by atoms with Crippen molar-refractivity contribution in [1.29, 1.82) is 0 Å². The van der Waals surface area contributed by atoms with Crippen LogP contribution in [0.1, 0.15) is 38.1 Å². The van der Waals surface area contributed by atoms with Crippen LogP contribution in [-0.4, -0.2) is 22.6 Å². The van der Waals surface area contributed by atoms with E-state index in [0.717, 1.165) is 29.6 Å². The molecule has 1 saturated heterocycles. The predicted octanol–water partition coefficient (Wildman–Crippen LogP) is 2.00. The summed E-state index contributed by atoms with van der Waals surface area (Å²) in [5, 5.41) is 0. The van der Waals surface area contributed by atoms with Crippen LogP contribution in [0, 0.1) is 19.8 Å². The van der Waals surface area contributed by atoms with Crippen molar-refractivity contribution in [3.63, 3.8) is 0 Å². The number of aromatic nitrogens is 2. The molecule has 5 nitrogen and oxygen atoms in total. The summed E-state index contributed by atoms with van der Waals surface area (Å²) in [5.41, 5.74) is 3.70. The van der Waals surface area contributed by atoms with Crippen LogP contribution >= 0.6 is 0 Å². The summed E-state index contributed by atoms with van der Waals surface area (Å²) in [7, 11) is 0. The summed E-state index contributed by atoms with van der Waals surface area (Å²) in [6, 6.07) is 0.511. The van der Waals surface area contributed by atoms with Crippen molar-refractivity contribution in [3.05, 3.63) is 11.4 Å². The Morgan fingerprint density at radius 2 is 2.00 bits per heavy atom. The molecule has 0 amide bonds. The standard InChI is InChI=1S/C13H23N5/c1-8-6-5-7-18(10(8)3)13-9(2)12(17-14)15-11(4)16-13/h8,10H,5-7,14H2,1-4H3,(H,15,16,17). The first-order chi connectivity index (χ1) is 8.54. The first kappa shape index (κ1) is 13.1. The smallest absolute Gasteiger partial charge is 0.148 e. The normalized spacial score (nSPS) is 24.2. The fourth-order valence-electron chi connectivity index (χ4n) is 2.67. The Balaban J connectivity index is 2.40. The monoisotopic (exact) mass is 249 g/mol. The molecule has 1 aliphatic rings. The fraction of sp³-hybridized carbons (Fsp3) is 0.692. The Bertz CT molecular complexity index is 432. The van der Waals surface area contributed by atoms with Crippen molar-refractivity contribution in [2.24, 2.45) is 11.8 Å². The Morgan fingerprint density at radius 3 is 2.67 bits per heavy atom. The third-order valence-electron chi connectivity index (χ3n) is 4.01. The highest BCUT2D eigenvalue weighted by molar-refractivity contribution is 5.58. The van der Waals surface area contributed by atoms with E-state index in [1.165, 1.54) is 12.8 Å². The zero-order chi connectivity index (χ0) is 13.3. The second kappa shape index (κ2) is 5.10. The maximum atomic E-state index is 5.52. The van der Waals surface area contributed by atoms with E-state index in [9.17, 15) is 0 Å². The van der Waals surface area contributed by atoms with E-state index in [1.807, 2.05) is 13.8 Å². The molecule has 5 heteroatoms. The van der Waals surface area contributed by atoms with Crippen LogP contribution in [0.2, 0.25) is 0 Å². The molecule has 2 heterocycles. The number of anilines is 2. The van der Waals surface area contributed by atoms with E-state index in [4.69, 9.17) is 5.84 Å². The minimum absolute atomic E-state index is 0.511. The Kier molecular flexibility index (Phi) is 3.71. The van der Waals surface area contributed by atoms with Gasteiger partial charge in [0.15, 0.2) is 0 Å². The largest absolute Gasteiger partial charge is 0.353 e. The zero-order valence-electron chi connectivity index (χ0n) is 11.7. The summed E-state index contributed by atoms with van der Waals surface area (Å²) < 4.78 is 0. The zero-order valence-corrected chi connectivity index (χ0v) is 11.7. The van der Waals surface area contributed by atoms with Gasteiger partial charge in [0, 0.05) is 18.2 Å². The molecule has 1 aromatic heterocycles. The van der Waals surface area contributed by atoms with Crippen molar-refractivity contribution in [2.45, 2.75) is 46.6 Å². The number of nitrogens with two attached hydrogens (primary N) is 1. The van der Waals surface area contributed by atoms with Gasteiger partial charge in [-0.2, -0.15) is 0 Å². The molecule has 100 valence electrons. The van der Waals surface area contributed by atoms with Crippen molar-refractivity contribution < 1.29 is 0 Å². The highest BCUT2D eigenvalue weighted by atomic mass is 15.3. The molecule has 0 spiro atoms. The van der Waals surface area contributed by atoms with Crippen LogP contribution in [-0.2, 0) is 0 Å². The Morgan fingerprint density at radius 1 is 1.28 bits per heavy atom. The van der Waals surface area contributed by atoms with E-state index in [0.29, 0.717) is 12.0 Å². The first-order valence-electron chi connectivity index (χ1n) is 6.63. The minimum atomic E-state index is 0.511. The molecule has 0 radical (unpaired) electrons. The topological polar surface area (TPSA) is 67.1 Å². The van der Waals surface area contributed by atoms with Gasteiger partial charge in [0.1, 0.15) is 17.5 Å². The van der Waals surface area contributed by atoms with Gasteiger partial charge in [-0.25, -0.2) is 15.8 Å². The van der Waals surface area contributed by atoms with Gasteiger partial charge in [0.05, 0.1) is 0 Å². The van der Waals surface area contributed by atoms with Crippen molar-refractivity contribution >= 4 is 11.6 Å². The van der Waals surface area contributed by atoms with Gasteiger partial charge >= 0.3 is 0 Å². The van der Waals surface area contributed by atoms with Crippen LogP contribution in [0.3, 0.4) is 0 Å². The molecule has 1 aliphatic heterocycles. The summed E-state index contributed by atoms with van der Waals surface area (Å²) in [6.45, 7) is 9.57. The Labute approximate surface area is 109 Å². The fourth-order valence-corrected chi connectivity index (χ4v) is 2.67. The van der Waals surface area contributed by atoms with Crippen LogP contribution in [0.5, 0.6) is 0 Å². The second-order valence-electron chi connectivity index (χ2n) is 5.27. The maximum absolute atomic E-state index is 5.52. The third kappa shape index (κ3) is 2.27. The quantitative estimate of drug-likeness (QED) is 0.620. The molecule has 0 saturated carbocycles. The van der Waals surface area contributed by atoms with Crippen LogP contribution in [0.25, 0.3) is 0 Å². The van der Waals surface area contributed by atoms with E-state index < -0.39 is 0 Å². The van der Waals surface area contributed by atoms with Crippen LogP contribution < -0.4 is 16.2 Å². The lowest BCUT2D eigenvalue weighted by molar-refractivity contribution is 0.361. The minimum Gasteiger partial charge on any atom is -0.353 e. The lowest BCUT2D eigenvalue weighted by Crippen LogP contribution is -2.43. The number of hydrogen-bond donors (Lipinski definition) is 2. The van der Waals surface area contributed by atoms with Crippen LogP contribution in [0.15, 0.2) is 0 Å². The van der Waals surface area contributed by atoms with Gasteiger partial charge in [-0.05, 0) is 39.5 Å². The van der Waals surface area contributed by atoms with Gasteiger partial charge in [-0.15, -0.1) is 0 Å². The molecule has 2 rings (SSSR count). The van der Waals surface area contributed by atoms with Crippen molar-refractivity contribution in [3.8, 4) is 0 Å². The molecule has 2 atom stereocenters. The second-order valence-corrected chi connectivity index (χ2v) is 5.27. The summed E-state index contributed by atoms with van der Waals surface area (Å²) >= 11 is 0. The van der Waals surface area contributed by atoms with E-state index in [2.05, 4.69) is 34.1 Å². The maximum Gasteiger partial charge on any atom is 0.148 e. The highest BCUT2D eigenvalue weighted by Gasteiger charge is 2.27. The van der Waals surface area contributed by atoms with Gasteiger partial charge in [0.25, 0.3) is 0 Å². The summed E-state index contributed by atoms with van der Waals surface area (Å²) in [5.74, 6) is 8.72. The van der Waals surface area contributed by atoms with Gasteiger partial charge in [-0.3, -0.25) is 0 Å². The third-order valence-corrected chi connectivity index (χ3v) is 4.01. The van der Waals surface area contributed by atoms with E-state index in [1.54, 1.807) is 0 Å². The lowest BCUT2D eigenvalue weighted by atomic mass is 9.92. The lowest BCUT2D eigenvalue weighted by Gasteiger charge is -2.39. The van der Waals surface area contributed by atoms with E-state index in [-0.39, 0.29) is 0 Å². The number of rotatable bonds is 2. The summed E-state index contributed by atoms with van der Waals surface area (Å²) in [6.07, 6.45) is 2.52. The van der Waals surface area contributed by atoms with Gasteiger partial charge < -0.3 is 10.3 Å². The molecule has 1 fully saturated rings. The molecule has 2 unspecified atom stereocenters. The number of aryl methyl sites for hydroxylation is 1. The van der Waals surface area contributed by atoms with Gasteiger partial charge in [-0.1, -0.05) is 6.92 Å². The molecular formula is C13H23N5. The number of nitrogens with one attached hydrogen (secondary N) is 1. The molecule has 0 bridgehead atoms. The molecule has 0 aliphatic carbocycles. The average molecular weight is 249 g/mol. The molecule has 3 N–H and O–H groups in total. The Hall–Kier alpha value is -1.36. The molecule has 0 aromatic carbocycles. The number of nitrogens with zero attached hydrogens (tertiary/aromatic N) is 3. The predicted molar refractivity (Wildman–Crippen MR) is 74.5 cm³/mol. The average Bonchev–Trinajstić information content (AvgIpc) is 2.35. The highest BCUT2D eigenvalue weighted by Crippen LogP contribution is 2.31. The molecular weight excluding hydrogens is 226 g/mol. The van der Waals surface area contributed by atoms with Crippen molar-refractivity contribution in [1.82, 2.24) is 9.97 Å². The number of nitrogen functional groups attached to an aromatic ring is 1. The number of hydrazine groups is 1. The van der Waals surface area contributed by atoms with Crippen molar-refractivity contribution in [2.75, 3.05) is 16.9 Å². The first-order valence-corrected chi connectivity index (χ1v) is 6.63. The number of piperidine rings is 1. The molecule has 18 heavy (non-hydrogen) atoms. The SMILES string of the molecule is Cc1nc(NN)c(C)c(N2CCCC(C)C2C)n1. The number of hydrogen-bond acceptors (Lipinski definition) is 5. The van der Waals surface area contributed by atoms with E-state index >= 15 is 0 Å². The summed E-state index contributed by atoms with van der Waals surface area (Å²) in [4.78, 5) is 11.3. The van der Waals surface area contributed by atoms with Gasteiger partial charge in [0.2, 0.25) is 0 Å². The van der Waals surface area contributed by atoms with Crippen LogP contribution in [0.4, 0.5) is 11.6 Å².